The van der Waals surface area contributed by atoms with Crippen LogP contribution in [0.15, 0.2) is 109 Å². The summed E-state index contributed by atoms with van der Waals surface area (Å²) in [5.74, 6) is -1.01. The van der Waals surface area contributed by atoms with Crippen LogP contribution in [0, 0.1) is 0 Å². The number of ether oxygens (including phenoxy) is 3. The molecule has 0 radical (unpaired) electrons. The molecule has 0 aliphatic rings. The minimum absolute atomic E-state index is 0.116. The van der Waals surface area contributed by atoms with Crippen molar-refractivity contribution >= 4 is 17.9 Å². The summed E-state index contributed by atoms with van der Waals surface area (Å²) < 4.78 is 16.8. The lowest BCUT2D eigenvalue weighted by atomic mass is 10.1. The largest absolute Gasteiger partial charge is 0.462 e. The molecule has 0 saturated heterocycles. The van der Waals surface area contributed by atoms with Crippen LogP contribution in [0.4, 0.5) is 0 Å². The van der Waals surface area contributed by atoms with E-state index >= 15 is 0 Å². The summed E-state index contributed by atoms with van der Waals surface area (Å²) in [4.78, 5) is 38.1. The van der Waals surface area contributed by atoms with E-state index in [1.807, 2.05) is 0 Å². The number of hydrogen-bond acceptors (Lipinski definition) is 6. The smallest absolute Gasteiger partial charge is 0.306 e. The van der Waals surface area contributed by atoms with Gasteiger partial charge in [-0.3, -0.25) is 14.4 Å². The van der Waals surface area contributed by atoms with Gasteiger partial charge in [0.05, 0.1) is 0 Å². The molecule has 0 heterocycles. The molecule has 0 amide bonds. The first kappa shape index (κ1) is 63.1. The van der Waals surface area contributed by atoms with Gasteiger partial charge >= 0.3 is 17.9 Å². The van der Waals surface area contributed by atoms with Crippen LogP contribution < -0.4 is 0 Å². The molecule has 6 nitrogen and oxygen atoms in total. The summed E-state index contributed by atoms with van der Waals surface area (Å²) in [5.41, 5.74) is 0. The highest BCUT2D eigenvalue weighted by Gasteiger charge is 2.19. The van der Waals surface area contributed by atoms with Crippen LogP contribution in [0.1, 0.15) is 239 Å². The minimum Gasteiger partial charge on any atom is -0.462 e. The zero-order chi connectivity index (χ0) is 48.6. The normalized spacial score (nSPS) is 12.9. The number of esters is 3. The van der Waals surface area contributed by atoms with Crippen molar-refractivity contribution in [2.24, 2.45) is 0 Å². The summed E-state index contributed by atoms with van der Waals surface area (Å²) in [7, 11) is 0. The molecule has 0 bridgehead atoms. The molecular weight excluding hydrogens is 829 g/mol. The third kappa shape index (κ3) is 52.9. The second kappa shape index (κ2) is 54.7. The van der Waals surface area contributed by atoms with Crippen LogP contribution in [0.25, 0.3) is 0 Å². The fourth-order valence-electron chi connectivity index (χ4n) is 7.06. The highest BCUT2D eigenvalue weighted by atomic mass is 16.6. The van der Waals surface area contributed by atoms with Gasteiger partial charge < -0.3 is 14.2 Å². The van der Waals surface area contributed by atoms with Crippen LogP contribution >= 0.6 is 0 Å². The Balaban J connectivity index is 4.56. The fraction of sp³-hybridized carbons (Fsp3) is 0.656. The van der Waals surface area contributed by atoms with Crippen LogP contribution in [-0.4, -0.2) is 37.2 Å². The molecule has 6 heteroatoms. The van der Waals surface area contributed by atoms with E-state index in [4.69, 9.17) is 14.2 Å². The van der Waals surface area contributed by atoms with E-state index in [0.717, 1.165) is 116 Å². The molecule has 0 aromatic carbocycles. The second-order valence-electron chi connectivity index (χ2n) is 17.8. The van der Waals surface area contributed by atoms with Crippen molar-refractivity contribution in [3.05, 3.63) is 109 Å². The number of hydrogen-bond donors (Lipinski definition) is 0. The van der Waals surface area contributed by atoms with Crippen molar-refractivity contribution in [3.63, 3.8) is 0 Å². The minimum atomic E-state index is -0.824. The van der Waals surface area contributed by atoms with Crippen molar-refractivity contribution in [2.75, 3.05) is 13.2 Å². The van der Waals surface area contributed by atoms with E-state index < -0.39 is 6.10 Å². The van der Waals surface area contributed by atoms with Gasteiger partial charge in [-0.05, 0) is 128 Å². The molecule has 0 saturated carbocycles. The summed E-state index contributed by atoms with van der Waals surface area (Å²) in [6.45, 7) is 6.47. The van der Waals surface area contributed by atoms with E-state index in [1.54, 1.807) is 0 Å². The summed E-state index contributed by atoms with van der Waals surface area (Å²) in [6, 6.07) is 0. The molecule has 0 aromatic heterocycles. The molecule has 0 N–H and O–H groups in total. The van der Waals surface area contributed by atoms with E-state index in [1.165, 1.54) is 77.0 Å². The Morgan fingerprint density at radius 3 is 0.881 bits per heavy atom. The number of carbonyl (C=O) groups excluding carboxylic acids is 3. The maximum Gasteiger partial charge on any atom is 0.306 e. The highest BCUT2D eigenvalue weighted by Crippen LogP contribution is 2.12. The first-order chi connectivity index (χ1) is 33.0. The fourth-order valence-corrected chi connectivity index (χ4v) is 7.06. The quantitative estimate of drug-likeness (QED) is 0.0262. The van der Waals surface area contributed by atoms with E-state index in [9.17, 15) is 14.4 Å². The molecule has 0 aliphatic heterocycles. The standard InChI is InChI=1S/C61H100O6/c1-4-7-10-13-16-19-22-25-28-30-33-36-39-42-45-48-51-54-60(63)66-57-58(56-65-59(62)53-50-47-44-41-38-35-32-27-24-21-18-15-12-9-6-3)67-61(64)55-52-49-46-43-40-37-34-31-29-26-23-20-17-14-11-8-5-2/h16-21,25-29,32-34,36-37,43,46,58H,4-15,22-24,30-31,35,38-42,44-45,47-57H2,1-3H3/b19-16-,20-17-,21-18-,28-25-,29-26-,32-27-,36-33-,37-34-,46-43-/t58-/m0/s1. The lowest BCUT2D eigenvalue weighted by molar-refractivity contribution is -0.167. The zero-order valence-corrected chi connectivity index (χ0v) is 43.4. The van der Waals surface area contributed by atoms with Gasteiger partial charge in [-0.15, -0.1) is 0 Å². The Hall–Kier alpha value is -3.93. The molecule has 0 spiro atoms. The van der Waals surface area contributed by atoms with Gasteiger partial charge in [0, 0.05) is 19.3 Å². The number of carbonyl (C=O) groups is 3. The van der Waals surface area contributed by atoms with Gasteiger partial charge in [0.2, 0.25) is 0 Å². The van der Waals surface area contributed by atoms with Crippen molar-refractivity contribution < 1.29 is 28.6 Å². The van der Waals surface area contributed by atoms with Gasteiger partial charge in [0.15, 0.2) is 6.10 Å². The third-order valence-corrected chi connectivity index (χ3v) is 11.2. The van der Waals surface area contributed by atoms with Crippen LogP contribution in [0.5, 0.6) is 0 Å². The molecule has 0 aromatic rings. The average Bonchev–Trinajstić information content (AvgIpc) is 3.33. The number of rotatable bonds is 48. The van der Waals surface area contributed by atoms with Gasteiger partial charge in [-0.25, -0.2) is 0 Å². The number of allylic oxidation sites excluding steroid dienone is 18. The topological polar surface area (TPSA) is 78.9 Å². The van der Waals surface area contributed by atoms with Gasteiger partial charge in [-0.1, -0.05) is 201 Å². The van der Waals surface area contributed by atoms with Gasteiger partial charge in [-0.2, -0.15) is 0 Å². The Morgan fingerprint density at radius 1 is 0.299 bits per heavy atom. The van der Waals surface area contributed by atoms with Gasteiger partial charge in [0.1, 0.15) is 13.2 Å². The molecule has 380 valence electrons. The maximum atomic E-state index is 12.8. The Kier molecular flexibility index (Phi) is 51.5. The predicted molar refractivity (Wildman–Crippen MR) is 288 cm³/mol. The lowest BCUT2D eigenvalue weighted by Crippen LogP contribution is -2.30. The van der Waals surface area contributed by atoms with Crippen molar-refractivity contribution in [2.45, 2.75) is 245 Å². The van der Waals surface area contributed by atoms with Crippen LogP contribution in [0.2, 0.25) is 0 Å². The molecule has 0 aliphatic carbocycles. The van der Waals surface area contributed by atoms with Crippen molar-refractivity contribution in [3.8, 4) is 0 Å². The van der Waals surface area contributed by atoms with Crippen molar-refractivity contribution in [1.82, 2.24) is 0 Å². The molecular formula is C61H100O6. The molecule has 1 atom stereocenters. The monoisotopic (exact) mass is 929 g/mol. The van der Waals surface area contributed by atoms with Gasteiger partial charge in [0.25, 0.3) is 0 Å². The molecule has 0 unspecified atom stereocenters. The molecule has 0 rings (SSSR count). The Labute approximate surface area is 412 Å². The SMILES string of the molecule is CCCCC/C=C\C/C=C\C/C=C\C/C=C\CCCC(=O)O[C@H](COC(=O)CCCCCC/C=C\C/C=C\C/C=C\CCCCC)COC(=O)CCCCCCC/C=C\C/C=C\CCCCC. The number of unbranched alkanes of at least 4 members (excludes halogenated alkanes) is 19. The summed E-state index contributed by atoms with van der Waals surface area (Å²) in [5, 5.41) is 0. The Bertz CT molecular complexity index is 1390. The van der Waals surface area contributed by atoms with Crippen molar-refractivity contribution in [1.29, 1.82) is 0 Å². The predicted octanol–water partition coefficient (Wildman–Crippen LogP) is 18.3. The average molecular weight is 929 g/mol. The van der Waals surface area contributed by atoms with Crippen LogP contribution in [-0.2, 0) is 28.6 Å². The highest BCUT2D eigenvalue weighted by molar-refractivity contribution is 5.71. The first-order valence-corrected chi connectivity index (χ1v) is 27.4. The zero-order valence-electron chi connectivity index (χ0n) is 43.4. The molecule has 67 heavy (non-hydrogen) atoms. The second-order valence-corrected chi connectivity index (χ2v) is 17.8. The lowest BCUT2D eigenvalue weighted by Gasteiger charge is -2.18. The Morgan fingerprint density at radius 2 is 0.552 bits per heavy atom. The van der Waals surface area contributed by atoms with E-state index in [-0.39, 0.29) is 37.5 Å². The summed E-state index contributed by atoms with van der Waals surface area (Å²) in [6.07, 6.45) is 73.6. The molecule has 0 fully saturated rings. The summed E-state index contributed by atoms with van der Waals surface area (Å²) >= 11 is 0. The third-order valence-electron chi connectivity index (χ3n) is 11.2. The first-order valence-electron chi connectivity index (χ1n) is 27.4. The van der Waals surface area contributed by atoms with E-state index in [0.29, 0.717) is 19.3 Å². The maximum absolute atomic E-state index is 12.8. The van der Waals surface area contributed by atoms with E-state index in [2.05, 4.69) is 130 Å². The van der Waals surface area contributed by atoms with Crippen LogP contribution in [0.3, 0.4) is 0 Å².